The predicted octanol–water partition coefficient (Wildman–Crippen LogP) is 5.42. The minimum atomic E-state index is 0.406. The van der Waals surface area contributed by atoms with Gasteiger partial charge in [0.1, 0.15) is 5.75 Å². The standard InChI is InChI=1S/C20H20N2OS2/c1-23-17-10-8-16(9-11-17)22-14-18(15-6-3-2-4-7-15)19(21-22)20-24-12-5-13-25-20/h2-4,6-11,14,20H,5,12-13H2,1H3. The van der Waals surface area contributed by atoms with Crippen LogP contribution in [-0.2, 0) is 0 Å². The molecule has 0 amide bonds. The van der Waals surface area contributed by atoms with Gasteiger partial charge in [-0.05, 0) is 47.8 Å². The van der Waals surface area contributed by atoms with Gasteiger partial charge in [-0.25, -0.2) is 4.68 Å². The summed E-state index contributed by atoms with van der Waals surface area (Å²) >= 11 is 4.01. The highest BCUT2D eigenvalue weighted by molar-refractivity contribution is 8.16. The van der Waals surface area contributed by atoms with Crippen LogP contribution in [0.1, 0.15) is 16.7 Å². The first-order valence-corrected chi connectivity index (χ1v) is 10.5. The van der Waals surface area contributed by atoms with Crippen LogP contribution in [0.5, 0.6) is 5.75 Å². The summed E-state index contributed by atoms with van der Waals surface area (Å²) in [6, 6.07) is 18.6. The molecular formula is C20H20N2OS2. The summed E-state index contributed by atoms with van der Waals surface area (Å²) in [5, 5.41) is 4.97. The second-order valence-corrected chi connectivity index (χ2v) is 8.59. The first kappa shape index (κ1) is 16.6. The van der Waals surface area contributed by atoms with Crippen LogP contribution in [0, 0.1) is 0 Å². The van der Waals surface area contributed by atoms with E-state index in [1.54, 1.807) is 7.11 Å². The van der Waals surface area contributed by atoms with Crippen molar-refractivity contribution in [3.63, 3.8) is 0 Å². The van der Waals surface area contributed by atoms with E-state index in [1.807, 2.05) is 52.5 Å². The molecule has 0 radical (unpaired) electrons. The third kappa shape index (κ3) is 3.58. The first-order valence-electron chi connectivity index (χ1n) is 8.38. The van der Waals surface area contributed by atoms with Gasteiger partial charge in [0.25, 0.3) is 0 Å². The SMILES string of the molecule is COc1ccc(-n2cc(-c3ccccc3)c(C3SCCCS3)n2)cc1. The Morgan fingerprint density at radius 3 is 2.40 bits per heavy atom. The molecule has 1 aliphatic heterocycles. The van der Waals surface area contributed by atoms with Crippen LogP contribution in [0.25, 0.3) is 16.8 Å². The van der Waals surface area contributed by atoms with Gasteiger partial charge in [0, 0.05) is 11.8 Å². The van der Waals surface area contributed by atoms with Crippen molar-refractivity contribution in [3.05, 3.63) is 66.5 Å². The topological polar surface area (TPSA) is 27.1 Å². The van der Waals surface area contributed by atoms with Crippen molar-refractivity contribution in [1.82, 2.24) is 9.78 Å². The molecular weight excluding hydrogens is 348 g/mol. The van der Waals surface area contributed by atoms with E-state index in [9.17, 15) is 0 Å². The molecule has 1 aliphatic rings. The van der Waals surface area contributed by atoms with Crippen molar-refractivity contribution >= 4 is 23.5 Å². The third-order valence-electron chi connectivity index (χ3n) is 4.21. The third-order valence-corrected chi connectivity index (χ3v) is 7.13. The van der Waals surface area contributed by atoms with E-state index in [2.05, 4.69) is 36.5 Å². The Hall–Kier alpha value is -1.85. The Bertz CT molecular complexity index is 825. The Balaban J connectivity index is 1.76. The highest BCUT2D eigenvalue weighted by atomic mass is 32.2. The van der Waals surface area contributed by atoms with Gasteiger partial charge in [-0.2, -0.15) is 5.10 Å². The lowest BCUT2D eigenvalue weighted by Gasteiger charge is -2.20. The molecule has 128 valence electrons. The van der Waals surface area contributed by atoms with Crippen LogP contribution in [0.4, 0.5) is 0 Å². The van der Waals surface area contributed by atoms with Crippen LogP contribution in [-0.4, -0.2) is 28.4 Å². The van der Waals surface area contributed by atoms with Gasteiger partial charge in [-0.15, -0.1) is 23.5 Å². The summed E-state index contributed by atoms with van der Waals surface area (Å²) in [4.78, 5) is 0. The molecule has 2 heterocycles. The molecule has 5 heteroatoms. The van der Waals surface area contributed by atoms with Crippen LogP contribution in [0.15, 0.2) is 60.8 Å². The summed E-state index contributed by atoms with van der Waals surface area (Å²) in [5.41, 5.74) is 4.68. The molecule has 1 saturated heterocycles. The van der Waals surface area contributed by atoms with E-state index < -0.39 is 0 Å². The minimum absolute atomic E-state index is 0.406. The van der Waals surface area contributed by atoms with Gasteiger partial charge in [0.2, 0.25) is 0 Å². The van der Waals surface area contributed by atoms with Gasteiger partial charge < -0.3 is 4.74 Å². The zero-order valence-corrected chi connectivity index (χ0v) is 15.7. The monoisotopic (exact) mass is 368 g/mol. The maximum atomic E-state index is 5.26. The van der Waals surface area contributed by atoms with Gasteiger partial charge in [0.15, 0.2) is 0 Å². The maximum Gasteiger partial charge on any atom is 0.119 e. The lowest BCUT2D eigenvalue weighted by atomic mass is 10.1. The lowest BCUT2D eigenvalue weighted by Crippen LogP contribution is -2.03. The average Bonchev–Trinajstić information content (AvgIpc) is 3.15. The van der Waals surface area contributed by atoms with Crippen molar-refractivity contribution in [2.45, 2.75) is 11.0 Å². The molecule has 1 aromatic heterocycles. The van der Waals surface area contributed by atoms with Crippen molar-refractivity contribution in [2.24, 2.45) is 0 Å². The average molecular weight is 369 g/mol. The molecule has 2 aromatic carbocycles. The first-order chi connectivity index (χ1) is 12.3. The molecule has 0 spiro atoms. The molecule has 25 heavy (non-hydrogen) atoms. The quantitative estimate of drug-likeness (QED) is 0.615. The number of thioether (sulfide) groups is 2. The molecule has 0 atom stereocenters. The van der Waals surface area contributed by atoms with E-state index in [0.29, 0.717) is 4.58 Å². The van der Waals surface area contributed by atoms with E-state index in [0.717, 1.165) is 11.4 Å². The summed E-state index contributed by atoms with van der Waals surface area (Å²) < 4.78 is 7.66. The molecule has 4 rings (SSSR count). The Morgan fingerprint density at radius 2 is 1.72 bits per heavy atom. The zero-order valence-electron chi connectivity index (χ0n) is 14.1. The second-order valence-electron chi connectivity index (χ2n) is 5.86. The van der Waals surface area contributed by atoms with Crippen molar-refractivity contribution in [2.75, 3.05) is 18.6 Å². The largest absolute Gasteiger partial charge is 0.497 e. The Kier molecular flexibility index (Phi) is 5.04. The maximum absolute atomic E-state index is 5.26. The van der Waals surface area contributed by atoms with E-state index in [1.165, 1.54) is 34.7 Å². The molecule has 3 nitrogen and oxygen atoms in total. The van der Waals surface area contributed by atoms with Gasteiger partial charge >= 0.3 is 0 Å². The molecule has 0 unspecified atom stereocenters. The van der Waals surface area contributed by atoms with Crippen molar-refractivity contribution in [1.29, 1.82) is 0 Å². The van der Waals surface area contributed by atoms with Crippen LogP contribution < -0.4 is 4.74 Å². The fourth-order valence-corrected chi connectivity index (χ4v) is 5.77. The Labute approximate surface area is 156 Å². The van der Waals surface area contributed by atoms with Crippen LogP contribution in [0.2, 0.25) is 0 Å². The van der Waals surface area contributed by atoms with Gasteiger partial charge in [-0.1, -0.05) is 30.3 Å². The normalized spacial score (nSPS) is 15.2. The number of ether oxygens (including phenoxy) is 1. The minimum Gasteiger partial charge on any atom is -0.497 e. The van der Waals surface area contributed by atoms with Gasteiger partial charge in [-0.3, -0.25) is 0 Å². The molecule has 0 bridgehead atoms. The number of aromatic nitrogens is 2. The number of benzene rings is 2. The van der Waals surface area contributed by atoms with E-state index >= 15 is 0 Å². The predicted molar refractivity (Wildman–Crippen MR) is 108 cm³/mol. The lowest BCUT2D eigenvalue weighted by molar-refractivity contribution is 0.414. The summed E-state index contributed by atoms with van der Waals surface area (Å²) in [5.74, 6) is 3.28. The van der Waals surface area contributed by atoms with Crippen LogP contribution >= 0.6 is 23.5 Å². The van der Waals surface area contributed by atoms with Gasteiger partial charge in [0.05, 0.1) is 23.1 Å². The summed E-state index contributed by atoms with van der Waals surface area (Å²) in [6.45, 7) is 0. The smallest absolute Gasteiger partial charge is 0.119 e. The number of nitrogens with zero attached hydrogens (tertiary/aromatic N) is 2. The van der Waals surface area contributed by atoms with Crippen LogP contribution in [0.3, 0.4) is 0 Å². The fraction of sp³-hybridized carbons (Fsp3) is 0.250. The summed E-state index contributed by atoms with van der Waals surface area (Å²) in [7, 11) is 1.69. The molecule has 1 fully saturated rings. The molecule has 3 aromatic rings. The van der Waals surface area contributed by atoms with E-state index in [4.69, 9.17) is 9.84 Å². The highest BCUT2D eigenvalue weighted by Gasteiger charge is 2.24. The second kappa shape index (κ2) is 7.58. The van der Waals surface area contributed by atoms with Crippen molar-refractivity contribution < 1.29 is 4.74 Å². The van der Waals surface area contributed by atoms with Crippen molar-refractivity contribution in [3.8, 4) is 22.6 Å². The number of hydrogen-bond donors (Lipinski definition) is 0. The summed E-state index contributed by atoms with van der Waals surface area (Å²) in [6.07, 6.45) is 3.44. The zero-order chi connectivity index (χ0) is 17.1. The molecule has 0 N–H and O–H groups in total. The highest BCUT2D eigenvalue weighted by Crippen LogP contribution is 2.46. The number of methoxy groups -OCH3 is 1. The fourth-order valence-electron chi connectivity index (χ4n) is 2.91. The van der Waals surface area contributed by atoms with E-state index in [-0.39, 0.29) is 0 Å². The molecule has 0 aliphatic carbocycles. The Morgan fingerprint density at radius 1 is 1.00 bits per heavy atom. The number of rotatable bonds is 4. The molecule has 0 saturated carbocycles. The number of hydrogen-bond acceptors (Lipinski definition) is 4.